The predicted octanol–water partition coefficient (Wildman–Crippen LogP) is -0.0401. The SMILES string of the molecule is O=C1CCC(NC(=O)c2ccc(N3CCC4(CC3)OCCO4)cn2)C(=O)N1. The van der Waals surface area contributed by atoms with Crippen LogP contribution in [0.4, 0.5) is 5.69 Å². The molecule has 0 aliphatic carbocycles. The number of amides is 3. The number of imide groups is 1. The zero-order valence-electron chi connectivity index (χ0n) is 14.9. The molecule has 0 aromatic carbocycles. The Bertz CT molecular complexity index is 735. The van der Waals surface area contributed by atoms with E-state index in [1.807, 2.05) is 6.07 Å². The van der Waals surface area contributed by atoms with Crippen LogP contribution in [0, 0.1) is 0 Å². The maximum Gasteiger partial charge on any atom is 0.270 e. The van der Waals surface area contributed by atoms with Gasteiger partial charge in [-0.3, -0.25) is 19.7 Å². The highest BCUT2D eigenvalue weighted by atomic mass is 16.7. The normalized spacial score (nSPS) is 24.7. The largest absolute Gasteiger partial charge is 0.370 e. The molecule has 0 radical (unpaired) electrons. The van der Waals surface area contributed by atoms with Crippen molar-refractivity contribution < 1.29 is 23.9 Å². The Kier molecular flexibility index (Phi) is 4.79. The Morgan fingerprint density at radius 2 is 1.96 bits per heavy atom. The van der Waals surface area contributed by atoms with Crippen molar-refractivity contribution in [3.63, 3.8) is 0 Å². The van der Waals surface area contributed by atoms with Gasteiger partial charge in [0, 0.05) is 32.4 Å². The maximum absolute atomic E-state index is 12.3. The van der Waals surface area contributed by atoms with Crippen molar-refractivity contribution in [1.29, 1.82) is 0 Å². The third kappa shape index (κ3) is 3.79. The highest BCUT2D eigenvalue weighted by molar-refractivity contribution is 6.03. The molecule has 1 atom stereocenters. The summed E-state index contributed by atoms with van der Waals surface area (Å²) in [5.41, 5.74) is 1.17. The van der Waals surface area contributed by atoms with Crippen LogP contribution in [0.3, 0.4) is 0 Å². The minimum atomic E-state index is -0.707. The minimum Gasteiger partial charge on any atom is -0.370 e. The summed E-state index contributed by atoms with van der Waals surface area (Å²) < 4.78 is 11.5. The third-order valence-corrected chi connectivity index (χ3v) is 5.23. The highest BCUT2D eigenvalue weighted by Crippen LogP contribution is 2.32. The van der Waals surface area contributed by atoms with Crippen molar-refractivity contribution >= 4 is 23.4 Å². The monoisotopic (exact) mass is 374 g/mol. The summed E-state index contributed by atoms with van der Waals surface area (Å²) in [5.74, 6) is -1.65. The van der Waals surface area contributed by atoms with Crippen LogP contribution in [-0.4, -0.2) is 60.8 Å². The molecule has 4 heterocycles. The van der Waals surface area contributed by atoms with E-state index in [2.05, 4.69) is 20.5 Å². The van der Waals surface area contributed by atoms with Gasteiger partial charge in [-0.25, -0.2) is 4.98 Å². The molecule has 3 fully saturated rings. The van der Waals surface area contributed by atoms with Crippen LogP contribution in [0.2, 0.25) is 0 Å². The Labute approximate surface area is 156 Å². The fourth-order valence-corrected chi connectivity index (χ4v) is 3.66. The lowest BCUT2D eigenvalue weighted by Crippen LogP contribution is -2.52. The molecule has 1 unspecified atom stereocenters. The van der Waals surface area contributed by atoms with Gasteiger partial charge in [-0.1, -0.05) is 0 Å². The van der Waals surface area contributed by atoms with Gasteiger partial charge in [-0.2, -0.15) is 0 Å². The lowest BCUT2D eigenvalue weighted by molar-refractivity contribution is -0.169. The van der Waals surface area contributed by atoms with Gasteiger partial charge in [0.2, 0.25) is 11.8 Å². The van der Waals surface area contributed by atoms with Gasteiger partial charge >= 0.3 is 0 Å². The van der Waals surface area contributed by atoms with Crippen molar-refractivity contribution in [1.82, 2.24) is 15.6 Å². The van der Waals surface area contributed by atoms with Crippen molar-refractivity contribution in [2.75, 3.05) is 31.2 Å². The number of aromatic nitrogens is 1. The van der Waals surface area contributed by atoms with Crippen molar-refractivity contribution in [2.24, 2.45) is 0 Å². The first-order chi connectivity index (χ1) is 13.0. The van der Waals surface area contributed by atoms with Crippen LogP contribution in [-0.2, 0) is 19.1 Å². The molecule has 3 aliphatic rings. The van der Waals surface area contributed by atoms with Crippen molar-refractivity contribution in [3.8, 4) is 0 Å². The molecule has 2 N–H and O–H groups in total. The number of anilines is 1. The average Bonchev–Trinajstić information content (AvgIpc) is 3.13. The van der Waals surface area contributed by atoms with Gasteiger partial charge in [-0.15, -0.1) is 0 Å². The Morgan fingerprint density at radius 3 is 2.59 bits per heavy atom. The van der Waals surface area contributed by atoms with Gasteiger partial charge in [0.05, 0.1) is 25.1 Å². The van der Waals surface area contributed by atoms with E-state index in [0.717, 1.165) is 31.6 Å². The molecule has 3 aliphatic heterocycles. The lowest BCUT2D eigenvalue weighted by Gasteiger charge is -2.38. The fourth-order valence-electron chi connectivity index (χ4n) is 3.66. The summed E-state index contributed by atoms with van der Waals surface area (Å²) in [6.07, 6.45) is 3.77. The number of hydrogen-bond acceptors (Lipinski definition) is 7. The molecule has 1 aromatic rings. The number of rotatable bonds is 3. The third-order valence-electron chi connectivity index (χ3n) is 5.23. The zero-order valence-corrected chi connectivity index (χ0v) is 14.9. The van der Waals surface area contributed by atoms with E-state index in [-0.39, 0.29) is 18.0 Å². The Hall–Kier alpha value is -2.52. The second kappa shape index (κ2) is 7.24. The van der Waals surface area contributed by atoms with Gasteiger partial charge in [0.1, 0.15) is 11.7 Å². The van der Waals surface area contributed by atoms with Gasteiger partial charge < -0.3 is 19.7 Å². The number of carbonyl (C=O) groups is 3. The van der Waals surface area contributed by atoms with Crippen LogP contribution in [0.15, 0.2) is 18.3 Å². The summed E-state index contributed by atoms with van der Waals surface area (Å²) in [5, 5.41) is 4.84. The van der Waals surface area contributed by atoms with Gasteiger partial charge in [0.25, 0.3) is 5.91 Å². The zero-order chi connectivity index (χ0) is 18.9. The molecule has 0 bridgehead atoms. The van der Waals surface area contributed by atoms with Gasteiger partial charge in [-0.05, 0) is 18.6 Å². The molecule has 9 nitrogen and oxygen atoms in total. The van der Waals surface area contributed by atoms with E-state index in [9.17, 15) is 14.4 Å². The molecule has 1 aromatic heterocycles. The first-order valence-corrected chi connectivity index (χ1v) is 9.18. The van der Waals surface area contributed by atoms with Crippen LogP contribution in [0.1, 0.15) is 36.2 Å². The first-order valence-electron chi connectivity index (χ1n) is 9.18. The summed E-state index contributed by atoms with van der Waals surface area (Å²) in [6, 6.07) is 2.78. The smallest absolute Gasteiger partial charge is 0.270 e. The van der Waals surface area contributed by atoms with Crippen molar-refractivity contribution in [3.05, 3.63) is 24.0 Å². The number of piperidine rings is 2. The summed E-state index contributed by atoms with van der Waals surface area (Å²) in [7, 11) is 0. The summed E-state index contributed by atoms with van der Waals surface area (Å²) in [4.78, 5) is 41.6. The quantitative estimate of drug-likeness (QED) is 0.715. The van der Waals surface area contributed by atoms with E-state index in [0.29, 0.717) is 19.6 Å². The Morgan fingerprint density at radius 1 is 1.22 bits per heavy atom. The number of carbonyl (C=O) groups excluding carboxylic acids is 3. The van der Waals surface area contributed by atoms with E-state index in [1.165, 1.54) is 0 Å². The number of ether oxygens (including phenoxy) is 2. The molecular formula is C18H22N4O5. The van der Waals surface area contributed by atoms with E-state index < -0.39 is 23.6 Å². The van der Waals surface area contributed by atoms with Crippen molar-refractivity contribution in [2.45, 2.75) is 37.5 Å². The standard InChI is InChI=1S/C18H22N4O5/c23-15-4-3-14(17(25)21-15)20-16(24)13-2-1-12(11-19-13)22-7-5-18(6-8-22)26-9-10-27-18/h1-2,11,14H,3-10H2,(H,20,24)(H,21,23,25). The molecule has 1 spiro atoms. The first kappa shape index (κ1) is 17.9. The van der Waals surface area contributed by atoms with E-state index >= 15 is 0 Å². The molecule has 144 valence electrons. The topological polar surface area (TPSA) is 110 Å². The predicted molar refractivity (Wildman–Crippen MR) is 94.0 cm³/mol. The second-order valence-electron chi connectivity index (χ2n) is 6.97. The molecular weight excluding hydrogens is 352 g/mol. The molecule has 0 saturated carbocycles. The minimum absolute atomic E-state index is 0.215. The molecule has 27 heavy (non-hydrogen) atoms. The van der Waals surface area contributed by atoms with Crippen LogP contribution in [0.5, 0.6) is 0 Å². The van der Waals surface area contributed by atoms with Gasteiger partial charge in [0.15, 0.2) is 5.79 Å². The molecule has 4 rings (SSSR count). The highest BCUT2D eigenvalue weighted by Gasteiger charge is 2.39. The summed E-state index contributed by atoms with van der Waals surface area (Å²) >= 11 is 0. The number of nitrogens with one attached hydrogen (secondary N) is 2. The molecule has 3 amide bonds. The van der Waals surface area contributed by atoms with Crippen LogP contribution < -0.4 is 15.5 Å². The second-order valence-corrected chi connectivity index (χ2v) is 6.97. The molecule has 3 saturated heterocycles. The summed E-state index contributed by atoms with van der Waals surface area (Å²) in [6.45, 7) is 2.89. The van der Waals surface area contributed by atoms with Crippen LogP contribution >= 0.6 is 0 Å². The number of nitrogens with zero attached hydrogens (tertiary/aromatic N) is 2. The molecule has 9 heteroatoms. The van der Waals surface area contributed by atoms with Crippen LogP contribution in [0.25, 0.3) is 0 Å². The Balaban J connectivity index is 1.34. The fraction of sp³-hybridized carbons (Fsp3) is 0.556. The lowest BCUT2D eigenvalue weighted by atomic mass is 10.0. The van der Waals surface area contributed by atoms with E-state index in [4.69, 9.17) is 9.47 Å². The average molecular weight is 374 g/mol. The maximum atomic E-state index is 12.3. The van der Waals surface area contributed by atoms with E-state index in [1.54, 1.807) is 12.3 Å². The number of pyridine rings is 1. The number of hydrogen-bond donors (Lipinski definition) is 2.